The highest BCUT2D eigenvalue weighted by Crippen LogP contribution is 2.40. The van der Waals surface area contributed by atoms with E-state index in [1.165, 1.54) is 10.4 Å². The largest absolute Gasteiger partial charge is 0.493 e. The lowest BCUT2D eigenvalue weighted by Gasteiger charge is -2.11. The van der Waals surface area contributed by atoms with Crippen molar-refractivity contribution in [3.05, 3.63) is 38.2 Å². The summed E-state index contributed by atoms with van der Waals surface area (Å²) in [6.07, 6.45) is 4.97. The summed E-state index contributed by atoms with van der Waals surface area (Å²) in [5.74, 6) is 1.34. The van der Waals surface area contributed by atoms with E-state index in [-0.39, 0.29) is 0 Å². The highest BCUT2D eigenvalue weighted by Gasteiger charge is 2.21. The van der Waals surface area contributed by atoms with Crippen molar-refractivity contribution in [1.29, 1.82) is 5.26 Å². The maximum absolute atomic E-state index is 9.43. The Kier molecular flexibility index (Phi) is 5.22. The quantitative estimate of drug-likeness (QED) is 0.656. The normalized spacial score (nSPS) is 13.1. The molecule has 1 aliphatic carbocycles. The molecule has 0 radical (unpaired) electrons. The number of nitrogens with zero attached hydrogens (tertiary/aromatic N) is 2. The van der Waals surface area contributed by atoms with Crippen LogP contribution in [-0.2, 0) is 12.8 Å². The number of ether oxygens (including phenoxy) is 2. The summed E-state index contributed by atoms with van der Waals surface area (Å²) in [7, 11) is 1.61. The first-order chi connectivity index (χ1) is 11.7. The molecule has 0 saturated heterocycles. The predicted molar refractivity (Wildman–Crippen MR) is 100 cm³/mol. The second-order valence-electron chi connectivity index (χ2n) is 5.37. The van der Waals surface area contributed by atoms with E-state index >= 15 is 0 Å². The van der Waals surface area contributed by atoms with Crippen molar-refractivity contribution >= 4 is 38.5 Å². The van der Waals surface area contributed by atoms with Gasteiger partial charge in [-0.25, -0.2) is 4.99 Å². The lowest BCUT2D eigenvalue weighted by atomic mass is 10.1. The molecule has 0 saturated carbocycles. The summed E-state index contributed by atoms with van der Waals surface area (Å²) >= 11 is 5.14. The number of aryl methyl sites for hydroxylation is 1. The van der Waals surface area contributed by atoms with E-state index in [1.54, 1.807) is 24.7 Å². The second kappa shape index (κ2) is 7.37. The fraction of sp³-hybridized carbons (Fsp3) is 0.333. The van der Waals surface area contributed by atoms with Gasteiger partial charge in [0.25, 0.3) is 0 Å². The van der Waals surface area contributed by atoms with Gasteiger partial charge in [-0.15, -0.1) is 11.3 Å². The van der Waals surface area contributed by atoms with E-state index in [2.05, 4.69) is 27.0 Å². The first-order valence-corrected chi connectivity index (χ1v) is 9.37. The predicted octanol–water partition coefficient (Wildman–Crippen LogP) is 5.03. The second-order valence-corrected chi connectivity index (χ2v) is 7.31. The van der Waals surface area contributed by atoms with E-state index in [0.717, 1.165) is 39.9 Å². The molecule has 1 aromatic heterocycles. The van der Waals surface area contributed by atoms with Gasteiger partial charge in [-0.05, 0) is 65.4 Å². The van der Waals surface area contributed by atoms with E-state index in [0.29, 0.717) is 18.1 Å². The maximum Gasteiger partial charge on any atom is 0.175 e. The number of benzene rings is 1. The van der Waals surface area contributed by atoms with Crippen molar-refractivity contribution in [2.45, 2.75) is 26.2 Å². The van der Waals surface area contributed by atoms with Gasteiger partial charge >= 0.3 is 0 Å². The van der Waals surface area contributed by atoms with E-state index in [9.17, 15) is 5.26 Å². The molecule has 0 amide bonds. The number of hydrogen-bond acceptors (Lipinski definition) is 5. The summed E-state index contributed by atoms with van der Waals surface area (Å²) in [6, 6.07) is 6.13. The van der Waals surface area contributed by atoms with Crippen LogP contribution in [-0.4, -0.2) is 19.9 Å². The lowest BCUT2D eigenvalue weighted by molar-refractivity contribution is 0.309. The SMILES string of the molecule is CCOc1c(Br)cc(C=Nc2sc3c(c2C#N)CCC3)cc1OC. The minimum atomic E-state index is 0.564. The number of hydrogen-bond donors (Lipinski definition) is 0. The summed E-state index contributed by atoms with van der Waals surface area (Å²) in [6.45, 7) is 2.50. The first-order valence-electron chi connectivity index (χ1n) is 7.77. The van der Waals surface area contributed by atoms with Crippen molar-refractivity contribution < 1.29 is 9.47 Å². The van der Waals surface area contributed by atoms with Gasteiger partial charge in [0, 0.05) is 11.1 Å². The zero-order chi connectivity index (χ0) is 17.1. The zero-order valence-corrected chi connectivity index (χ0v) is 16.0. The minimum absolute atomic E-state index is 0.564. The van der Waals surface area contributed by atoms with E-state index in [1.807, 2.05) is 19.1 Å². The molecule has 24 heavy (non-hydrogen) atoms. The van der Waals surface area contributed by atoms with Crippen LogP contribution < -0.4 is 9.47 Å². The van der Waals surface area contributed by atoms with Gasteiger partial charge in [0.2, 0.25) is 0 Å². The van der Waals surface area contributed by atoms with Crippen molar-refractivity contribution in [1.82, 2.24) is 0 Å². The summed E-state index contributed by atoms with van der Waals surface area (Å²) < 4.78 is 11.8. The Hall–Kier alpha value is -1.84. The molecule has 3 rings (SSSR count). The first kappa shape index (κ1) is 17.0. The third-order valence-electron chi connectivity index (χ3n) is 3.89. The van der Waals surface area contributed by atoms with Crippen LogP contribution in [0.4, 0.5) is 5.00 Å². The molecule has 0 bridgehead atoms. The van der Waals surface area contributed by atoms with Crippen molar-refractivity contribution in [2.75, 3.05) is 13.7 Å². The van der Waals surface area contributed by atoms with E-state index < -0.39 is 0 Å². The highest BCUT2D eigenvalue weighted by molar-refractivity contribution is 9.10. The van der Waals surface area contributed by atoms with Gasteiger partial charge in [-0.3, -0.25) is 0 Å². The summed E-state index contributed by atoms with van der Waals surface area (Å²) in [5.41, 5.74) is 2.82. The molecule has 0 atom stereocenters. The molecular formula is C18H17BrN2O2S. The Bertz CT molecular complexity index is 837. The Labute approximate surface area is 153 Å². The van der Waals surface area contributed by atoms with Crippen LogP contribution in [0.1, 0.15) is 34.9 Å². The van der Waals surface area contributed by atoms with Gasteiger partial charge in [0.1, 0.15) is 11.1 Å². The van der Waals surface area contributed by atoms with Crippen molar-refractivity contribution in [3.8, 4) is 17.6 Å². The Morgan fingerprint density at radius 3 is 2.96 bits per heavy atom. The molecule has 124 valence electrons. The topological polar surface area (TPSA) is 54.6 Å². The molecular weight excluding hydrogens is 388 g/mol. The highest BCUT2D eigenvalue weighted by atomic mass is 79.9. The molecule has 1 aliphatic rings. The Morgan fingerprint density at radius 1 is 1.42 bits per heavy atom. The van der Waals surface area contributed by atoms with Crippen LogP contribution >= 0.6 is 27.3 Å². The third kappa shape index (κ3) is 3.19. The average molecular weight is 405 g/mol. The Morgan fingerprint density at radius 2 is 2.25 bits per heavy atom. The maximum atomic E-state index is 9.43. The monoisotopic (exact) mass is 404 g/mol. The lowest BCUT2D eigenvalue weighted by Crippen LogP contribution is -1.97. The molecule has 6 heteroatoms. The number of methoxy groups -OCH3 is 1. The van der Waals surface area contributed by atoms with Gasteiger partial charge in [-0.1, -0.05) is 0 Å². The van der Waals surface area contributed by atoms with Crippen molar-refractivity contribution in [3.63, 3.8) is 0 Å². The molecule has 0 spiro atoms. The molecule has 4 nitrogen and oxygen atoms in total. The molecule has 1 heterocycles. The van der Waals surface area contributed by atoms with Gasteiger partial charge < -0.3 is 9.47 Å². The van der Waals surface area contributed by atoms with Crippen LogP contribution in [0.5, 0.6) is 11.5 Å². The number of halogens is 1. The number of thiophene rings is 1. The zero-order valence-electron chi connectivity index (χ0n) is 13.6. The van der Waals surface area contributed by atoms with Crippen LogP contribution in [0.3, 0.4) is 0 Å². The average Bonchev–Trinajstić information content (AvgIpc) is 3.15. The molecule has 0 aliphatic heterocycles. The number of rotatable bonds is 5. The summed E-state index contributed by atoms with van der Waals surface area (Å²) in [4.78, 5) is 5.87. The van der Waals surface area contributed by atoms with E-state index in [4.69, 9.17) is 9.47 Å². The van der Waals surface area contributed by atoms with Crippen LogP contribution in [0.15, 0.2) is 21.6 Å². The van der Waals surface area contributed by atoms with Gasteiger partial charge in [-0.2, -0.15) is 5.26 Å². The Balaban J connectivity index is 1.93. The number of aliphatic imine (C=N–C) groups is 1. The number of fused-ring (bicyclic) bond motifs is 1. The molecule has 0 unspecified atom stereocenters. The third-order valence-corrected chi connectivity index (χ3v) is 5.67. The molecule has 0 fully saturated rings. The fourth-order valence-electron chi connectivity index (χ4n) is 2.83. The van der Waals surface area contributed by atoms with Crippen LogP contribution in [0.25, 0.3) is 0 Å². The fourth-order valence-corrected chi connectivity index (χ4v) is 4.59. The van der Waals surface area contributed by atoms with Gasteiger partial charge in [0.05, 0.1) is 23.8 Å². The molecule has 1 aromatic carbocycles. The standard InChI is InChI=1S/C18H17BrN2O2S/c1-3-23-17-14(19)7-11(8-15(17)22-2)10-21-18-13(9-20)12-5-4-6-16(12)24-18/h7-8,10H,3-6H2,1-2H3. The number of nitriles is 1. The summed E-state index contributed by atoms with van der Waals surface area (Å²) in [5, 5.41) is 10.2. The van der Waals surface area contributed by atoms with Crippen molar-refractivity contribution in [2.24, 2.45) is 4.99 Å². The smallest absolute Gasteiger partial charge is 0.175 e. The van der Waals surface area contributed by atoms with Gasteiger partial charge in [0.15, 0.2) is 11.5 Å². The molecule has 2 aromatic rings. The minimum Gasteiger partial charge on any atom is -0.493 e. The van der Waals surface area contributed by atoms with Crippen LogP contribution in [0.2, 0.25) is 0 Å². The molecule has 0 N–H and O–H groups in total. The van der Waals surface area contributed by atoms with Crippen LogP contribution in [0, 0.1) is 11.3 Å².